The molecule has 1 unspecified atom stereocenters. The third-order valence-electron chi connectivity index (χ3n) is 2.42. The normalized spacial score (nSPS) is 13.2. The molecule has 3 heteroatoms. The molecule has 0 fully saturated rings. The van der Waals surface area contributed by atoms with Gasteiger partial charge in [-0.1, -0.05) is 25.4 Å². The molecule has 0 bridgehead atoms. The lowest BCUT2D eigenvalue weighted by Gasteiger charge is -2.13. The number of benzene rings is 1. The molecule has 0 radical (unpaired) electrons. The maximum atomic E-state index is 12.9. The Balaban J connectivity index is 2.61. The molecule has 0 aliphatic rings. The van der Waals surface area contributed by atoms with Crippen molar-refractivity contribution in [2.75, 3.05) is 0 Å². The monoisotopic (exact) mass is 248 g/mol. The molecule has 84 valence electrons. The van der Waals surface area contributed by atoms with E-state index in [1.165, 1.54) is 12.1 Å². The summed E-state index contributed by atoms with van der Waals surface area (Å²) in [6.45, 7) is 4.15. The van der Waals surface area contributed by atoms with E-state index in [0.717, 1.165) is 18.4 Å². The SMILES string of the molecule is CC(C)C(Cl)CCc1cc(F)ccc1Cl. The van der Waals surface area contributed by atoms with Crippen LogP contribution in [0.15, 0.2) is 18.2 Å². The van der Waals surface area contributed by atoms with E-state index >= 15 is 0 Å². The van der Waals surface area contributed by atoms with Gasteiger partial charge in [-0.3, -0.25) is 0 Å². The van der Waals surface area contributed by atoms with Crippen LogP contribution in [0.3, 0.4) is 0 Å². The molecule has 0 saturated carbocycles. The van der Waals surface area contributed by atoms with Crippen LogP contribution >= 0.6 is 23.2 Å². The van der Waals surface area contributed by atoms with Crippen LogP contribution in [0, 0.1) is 11.7 Å². The predicted octanol–water partition coefficient (Wildman–Crippen LogP) is 4.68. The molecule has 0 heterocycles. The van der Waals surface area contributed by atoms with Crippen molar-refractivity contribution in [3.05, 3.63) is 34.6 Å². The van der Waals surface area contributed by atoms with Crippen LogP contribution in [0.4, 0.5) is 4.39 Å². The highest BCUT2D eigenvalue weighted by molar-refractivity contribution is 6.31. The lowest BCUT2D eigenvalue weighted by Crippen LogP contribution is -2.09. The van der Waals surface area contributed by atoms with Crippen molar-refractivity contribution in [2.45, 2.75) is 32.1 Å². The fraction of sp³-hybridized carbons (Fsp3) is 0.500. The van der Waals surface area contributed by atoms with Gasteiger partial charge in [0.15, 0.2) is 0 Å². The van der Waals surface area contributed by atoms with E-state index in [1.807, 2.05) is 0 Å². The van der Waals surface area contributed by atoms with Gasteiger partial charge in [0.05, 0.1) is 0 Å². The summed E-state index contributed by atoms with van der Waals surface area (Å²) in [6, 6.07) is 4.43. The first-order chi connectivity index (χ1) is 7.00. The summed E-state index contributed by atoms with van der Waals surface area (Å²) >= 11 is 12.1. The largest absolute Gasteiger partial charge is 0.207 e. The Morgan fingerprint density at radius 3 is 2.60 bits per heavy atom. The van der Waals surface area contributed by atoms with Gasteiger partial charge >= 0.3 is 0 Å². The second-order valence-electron chi connectivity index (χ2n) is 4.03. The van der Waals surface area contributed by atoms with Gasteiger partial charge in [-0.25, -0.2) is 4.39 Å². The van der Waals surface area contributed by atoms with Crippen LogP contribution in [-0.4, -0.2) is 5.38 Å². The Hall–Kier alpha value is -0.270. The van der Waals surface area contributed by atoms with Crippen molar-refractivity contribution in [1.29, 1.82) is 0 Å². The van der Waals surface area contributed by atoms with Crippen LogP contribution in [0.25, 0.3) is 0 Å². The highest BCUT2D eigenvalue weighted by atomic mass is 35.5. The summed E-state index contributed by atoms with van der Waals surface area (Å²) in [7, 11) is 0. The van der Waals surface area contributed by atoms with Crippen LogP contribution in [0.1, 0.15) is 25.8 Å². The summed E-state index contributed by atoms with van der Waals surface area (Å²) in [5, 5.41) is 0.730. The Labute approximate surface area is 100 Å². The fourth-order valence-corrected chi connectivity index (χ4v) is 1.68. The highest BCUT2D eigenvalue weighted by Gasteiger charge is 2.11. The van der Waals surface area contributed by atoms with Crippen molar-refractivity contribution >= 4 is 23.2 Å². The minimum atomic E-state index is -0.245. The number of halogens is 3. The summed E-state index contributed by atoms with van der Waals surface area (Å²) < 4.78 is 12.9. The third-order valence-corrected chi connectivity index (χ3v) is 3.51. The van der Waals surface area contributed by atoms with Gasteiger partial charge in [0.1, 0.15) is 5.82 Å². The van der Waals surface area contributed by atoms with Crippen molar-refractivity contribution in [2.24, 2.45) is 5.92 Å². The first kappa shape index (κ1) is 12.8. The molecule has 0 aromatic heterocycles. The number of hydrogen-bond acceptors (Lipinski definition) is 0. The molecule has 0 spiro atoms. The van der Waals surface area contributed by atoms with Gasteiger partial charge in [-0.05, 0) is 42.5 Å². The zero-order chi connectivity index (χ0) is 11.4. The van der Waals surface area contributed by atoms with Crippen LogP contribution in [0.2, 0.25) is 5.02 Å². The molecular formula is C12H15Cl2F. The van der Waals surface area contributed by atoms with Gasteiger partial charge < -0.3 is 0 Å². The molecule has 0 N–H and O–H groups in total. The molecule has 0 aliphatic carbocycles. The predicted molar refractivity (Wildman–Crippen MR) is 64.2 cm³/mol. The van der Waals surface area contributed by atoms with Gasteiger partial charge in [-0.15, -0.1) is 11.6 Å². The Morgan fingerprint density at radius 2 is 2.00 bits per heavy atom. The van der Waals surface area contributed by atoms with Crippen molar-refractivity contribution in [1.82, 2.24) is 0 Å². The molecule has 1 aromatic carbocycles. The van der Waals surface area contributed by atoms with E-state index in [1.54, 1.807) is 6.07 Å². The van der Waals surface area contributed by atoms with Crippen molar-refractivity contribution < 1.29 is 4.39 Å². The van der Waals surface area contributed by atoms with Crippen LogP contribution < -0.4 is 0 Å². The lowest BCUT2D eigenvalue weighted by molar-refractivity contribution is 0.563. The molecule has 1 rings (SSSR count). The summed E-state index contributed by atoms with van der Waals surface area (Å²) in [4.78, 5) is 0. The van der Waals surface area contributed by atoms with Gasteiger partial charge in [0, 0.05) is 10.4 Å². The molecular weight excluding hydrogens is 234 g/mol. The number of rotatable bonds is 4. The molecule has 0 nitrogen and oxygen atoms in total. The van der Waals surface area contributed by atoms with E-state index in [2.05, 4.69) is 13.8 Å². The smallest absolute Gasteiger partial charge is 0.123 e. The standard InChI is InChI=1S/C12H15Cl2F/c1-8(2)11(13)5-3-9-7-10(15)4-6-12(9)14/h4,6-8,11H,3,5H2,1-2H3. The molecule has 0 aliphatic heterocycles. The van der Waals surface area contributed by atoms with Gasteiger partial charge in [0.25, 0.3) is 0 Å². The Morgan fingerprint density at radius 1 is 1.33 bits per heavy atom. The third kappa shape index (κ3) is 4.00. The van der Waals surface area contributed by atoms with Crippen molar-refractivity contribution in [3.63, 3.8) is 0 Å². The van der Waals surface area contributed by atoms with E-state index in [9.17, 15) is 4.39 Å². The maximum absolute atomic E-state index is 12.9. The van der Waals surface area contributed by atoms with E-state index in [0.29, 0.717) is 10.9 Å². The zero-order valence-electron chi connectivity index (χ0n) is 8.93. The molecule has 0 amide bonds. The lowest BCUT2D eigenvalue weighted by atomic mass is 10.0. The Bertz CT molecular complexity index is 323. The summed E-state index contributed by atoms with van der Waals surface area (Å²) in [5.41, 5.74) is 0.836. The van der Waals surface area contributed by atoms with E-state index in [4.69, 9.17) is 23.2 Å². The average Bonchev–Trinajstić information content (AvgIpc) is 2.18. The fourth-order valence-electron chi connectivity index (χ4n) is 1.36. The highest BCUT2D eigenvalue weighted by Crippen LogP contribution is 2.22. The molecule has 15 heavy (non-hydrogen) atoms. The first-order valence-corrected chi connectivity index (χ1v) is 5.90. The van der Waals surface area contributed by atoms with Gasteiger partial charge in [0.2, 0.25) is 0 Å². The maximum Gasteiger partial charge on any atom is 0.123 e. The number of alkyl halides is 1. The molecule has 1 atom stereocenters. The zero-order valence-corrected chi connectivity index (χ0v) is 10.4. The molecule has 1 aromatic rings. The second-order valence-corrected chi connectivity index (χ2v) is 5.00. The Kier molecular flexibility index (Phi) is 4.88. The average molecular weight is 249 g/mol. The summed E-state index contributed by atoms with van der Waals surface area (Å²) in [5.74, 6) is 0.184. The van der Waals surface area contributed by atoms with Gasteiger partial charge in [-0.2, -0.15) is 0 Å². The first-order valence-electron chi connectivity index (χ1n) is 5.08. The second kappa shape index (κ2) is 5.72. The van der Waals surface area contributed by atoms with Crippen LogP contribution in [0.5, 0.6) is 0 Å². The molecule has 0 saturated heterocycles. The quantitative estimate of drug-likeness (QED) is 0.680. The minimum Gasteiger partial charge on any atom is -0.207 e. The number of hydrogen-bond donors (Lipinski definition) is 0. The van der Waals surface area contributed by atoms with E-state index in [-0.39, 0.29) is 11.2 Å². The summed E-state index contributed by atoms with van der Waals surface area (Å²) in [6.07, 6.45) is 1.55. The number of aryl methyl sites for hydroxylation is 1. The van der Waals surface area contributed by atoms with Crippen LogP contribution in [-0.2, 0) is 6.42 Å². The van der Waals surface area contributed by atoms with Crippen molar-refractivity contribution in [3.8, 4) is 0 Å². The minimum absolute atomic E-state index is 0.115. The van der Waals surface area contributed by atoms with E-state index < -0.39 is 0 Å². The topological polar surface area (TPSA) is 0 Å².